The van der Waals surface area contributed by atoms with Crippen LogP contribution >= 0.6 is 11.6 Å². The van der Waals surface area contributed by atoms with Crippen LogP contribution in [0, 0.1) is 0 Å². The van der Waals surface area contributed by atoms with Crippen molar-refractivity contribution in [3.05, 3.63) is 76.2 Å². The summed E-state index contributed by atoms with van der Waals surface area (Å²) in [5, 5.41) is 1.85. The zero-order valence-electron chi connectivity index (χ0n) is 16.7. The van der Waals surface area contributed by atoms with Gasteiger partial charge in [-0.3, -0.25) is 9.69 Å². The van der Waals surface area contributed by atoms with Crippen molar-refractivity contribution in [1.29, 1.82) is 0 Å². The molecule has 1 aliphatic heterocycles. The van der Waals surface area contributed by atoms with Crippen molar-refractivity contribution in [1.82, 2.24) is 14.5 Å². The Morgan fingerprint density at radius 3 is 2.33 bits per heavy atom. The second-order valence-corrected chi connectivity index (χ2v) is 9.27. The van der Waals surface area contributed by atoms with Gasteiger partial charge in [0.15, 0.2) is 0 Å². The van der Waals surface area contributed by atoms with E-state index in [1.807, 2.05) is 54.6 Å². The molecule has 0 bridgehead atoms. The topological polar surface area (TPSA) is 69.7 Å². The predicted octanol–water partition coefficient (Wildman–Crippen LogP) is 2.96. The maximum atomic E-state index is 12.4. The van der Waals surface area contributed by atoms with Crippen LogP contribution in [0.5, 0.6) is 0 Å². The molecule has 2 aromatic rings. The molecule has 8 heteroatoms. The molecular formula is C22H26ClN3O3S. The molecule has 0 aliphatic carbocycles. The van der Waals surface area contributed by atoms with E-state index in [1.54, 1.807) is 4.90 Å². The number of hydrogen-bond acceptors (Lipinski definition) is 4. The number of amides is 1. The molecule has 0 saturated carbocycles. The van der Waals surface area contributed by atoms with E-state index in [9.17, 15) is 13.2 Å². The SMILES string of the molecule is O=C(CCNS(=O)(=O)/C=C/c1ccccc1)N1CCN(Cc2ccc(Cl)cc2)CC1. The third-order valence-electron chi connectivity index (χ3n) is 4.93. The molecule has 3 rings (SSSR count). The average Bonchev–Trinajstić information content (AvgIpc) is 2.75. The molecule has 6 nitrogen and oxygen atoms in total. The predicted molar refractivity (Wildman–Crippen MR) is 120 cm³/mol. The standard InChI is InChI=1S/C22H26ClN3O3S/c23-21-8-6-20(7-9-21)18-25-13-15-26(16-14-25)22(27)10-12-24-30(28,29)17-11-19-4-2-1-3-5-19/h1-9,11,17,24H,10,12-16,18H2/b17-11+. The minimum Gasteiger partial charge on any atom is -0.340 e. The van der Waals surface area contributed by atoms with Gasteiger partial charge in [-0.05, 0) is 29.3 Å². The first-order valence-electron chi connectivity index (χ1n) is 9.89. The lowest BCUT2D eigenvalue weighted by molar-refractivity contribution is -0.132. The van der Waals surface area contributed by atoms with Gasteiger partial charge in [0, 0.05) is 56.1 Å². The summed E-state index contributed by atoms with van der Waals surface area (Å²) in [6.07, 6.45) is 1.68. The number of nitrogens with zero attached hydrogens (tertiary/aromatic N) is 2. The summed E-state index contributed by atoms with van der Waals surface area (Å²) >= 11 is 5.92. The van der Waals surface area contributed by atoms with Crippen LogP contribution in [0.15, 0.2) is 60.0 Å². The molecule has 1 heterocycles. The van der Waals surface area contributed by atoms with E-state index < -0.39 is 10.0 Å². The monoisotopic (exact) mass is 447 g/mol. The van der Waals surface area contributed by atoms with Gasteiger partial charge in [-0.1, -0.05) is 54.1 Å². The van der Waals surface area contributed by atoms with Crippen LogP contribution in [-0.4, -0.2) is 56.8 Å². The second kappa shape index (κ2) is 10.7. The summed E-state index contributed by atoms with van der Waals surface area (Å²) < 4.78 is 26.6. The number of nitrogens with one attached hydrogen (secondary N) is 1. The van der Waals surface area contributed by atoms with E-state index in [0.717, 1.165) is 35.6 Å². The zero-order chi connectivity index (χ0) is 21.4. The highest BCUT2D eigenvalue weighted by Gasteiger charge is 2.21. The molecule has 30 heavy (non-hydrogen) atoms. The first-order valence-corrected chi connectivity index (χ1v) is 11.8. The Morgan fingerprint density at radius 1 is 1.00 bits per heavy atom. The number of hydrogen-bond donors (Lipinski definition) is 1. The van der Waals surface area contributed by atoms with E-state index >= 15 is 0 Å². The minimum atomic E-state index is -3.57. The van der Waals surface area contributed by atoms with Gasteiger partial charge in [0.05, 0.1) is 0 Å². The van der Waals surface area contributed by atoms with E-state index in [0.29, 0.717) is 13.1 Å². The van der Waals surface area contributed by atoms with Gasteiger partial charge in [-0.2, -0.15) is 0 Å². The van der Waals surface area contributed by atoms with Gasteiger partial charge in [0.1, 0.15) is 0 Å². The molecule has 0 aromatic heterocycles. The molecule has 1 saturated heterocycles. The summed E-state index contributed by atoms with van der Waals surface area (Å²) in [6, 6.07) is 17.0. The number of benzene rings is 2. The lowest BCUT2D eigenvalue weighted by atomic mass is 10.2. The normalized spacial score (nSPS) is 15.6. The summed E-state index contributed by atoms with van der Waals surface area (Å²) in [5.41, 5.74) is 1.99. The molecule has 1 fully saturated rings. The maximum absolute atomic E-state index is 12.4. The number of rotatable bonds is 8. The fraction of sp³-hybridized carbons (Fsp3) is 0.318. The summed E-state index contributed by atoms with van der Waals surface area (Å²) in [6.45, 7) is 3.79. The second-order valence-electron chi connectivity index (χ2n) is 7.19. The smallest absolute Gasteiger partial charge is 0.233 e. The lowest BCUT2D eigenvalue weighted by Gasteiger charge is -2.34. The summed E-state index contributed by atoms with van der Waals surface area (Å²) in [4.78, 5) is 16.5. The number of halogens is 1. The van der Waals surface area contributed by atoms with E-state index in [2.05, 4.69) is 9.62 Å². The van der Waals surface area contributed by atoms with Crippen molar-refractivity contribution in [2.24, 2.45) is 0 Å². The van der Waals surface area contributed by atoms with E-state index in [1.165, 1.54) is 11.6 Å². The molecule has 2 aromatic carbocycles. The van der Waals surface area contributed by atoms with Crippen LogP contribution in [0.4, 0.5) is 0 Å². The number of carbonyl (C=O) groups excluding carboxylic acids is 1. The fourth-order valence-electron chi connectivity index (χ4n) is 3.24. The largest absolute Gasteiger partial charge is 0.340 e. The highest BCUT2D eigenvalue weighted by molar-refractivity contribution is 7.92. The molecule has 1 amide bonds. The fourth-order valence-corrected chi connectivity index (χ4v) is 4.19. The zero-order valence-corrected chi connectivity index (χ0v) is 18.3. The van der Waals surface area contributed by atoms with Crippen LogP contribution in [-0.2, 0) is 21.4 Å². The number of sulfonamides is 1. The molecule has 0 radical (unpaired) electrons. The molecule has 0 atom stereocenters. The van der Waals surface area contributed by atoms with Gasteiger partial charge >= 0.3 is 0 Å². The lowest BCUT2D eigenvalue weighted by Crippen LogP contribution is -2.48. The Kier molecular flexibility index (Phi) is 8.04. The third kappa shape index (κ3) is 7.25. The van der Waals surface area contributed by atoms with Gasteiger partial charge in [-0.25, -0.2) is 13.1 Å². The molecule has 160 valence electrons. The first-order chi connectivity index (χ1) is 14.4. The maximum Gasteiger partial charge on any atom is 0.233 e. The van der Waals surface area contributed by atoms with Crippen molar-refractivity contribution >= 4 is 33.6 Å². The minimum absolute atomic E-state index is 0.0316. The molecule has 0 spiro atoms. The Morgan fingerprint density at radius 2 is 1.67 bits per heavy atom. The van der Waals surface area contributed by atoms with Crippen LogP contribution in [0.1, 0.15) is 17.5 Å². The van der Waals surface area contributed by atoms with Crippen LogP contribution < -0.4 is 4.72 Å². The van der Waals surface area contributed by atoms with Crippen LogP contribution in [0.25, 0.3) is 6.08 Å². The quantitative estimate of drug-likeness (QED) is 0.675. The van der Waals surface area contributed by atoms with Crippen molar-refractivity contribution in [2.75, 3.05) is 32.7 Å². The first kappa shape index (κ1) is 22.5. The third-order valence-corrected chi connectivity index (χ3v) is 6.28. The molecule has 1 N–H and O–H groups in total. The van der Waals surface area contributed by atoms with Crippen molar-refractivity contribution in [3.63, 3.8) is 0 Å². The van der Waals surface area contributed by atoms with Gasteiger partial charge in [0.2, 0.25) is 15.9 Å². The average molecular weight is 448 g/mol. The molecule has 0 unspecified atom stereocenters. The van der Waals surface area contributed by atoms with Gasteiger partial charge < -0.3 is 4.90 Å². The molecule has 1 aliphatic rings. The Balaban J connectivity index is 1.38. The number of carbonyl (C=O) groups is 1. The Bertz CT molecular complexity index is 955. The van der Waals surface area contributed by atoms with Crippen molar-refractivity contribution in [2.45, 2.75) is 13.0 Å². The number of piperazine rings is 1. The Hall–Kier alpha value is -2.19. The van der Waals surface area contributed by atoms with Crippen LogP contribution in [0.3, 0.4) is 0 Å². The van der Waals surface area contributed by atoms with E-state index in [-0.39, 0.29) is 18.9 Å². The van der Waals surface area contributed by atoms with Gasteiger partial charge in [0.25, 0.3) is 0 Å². The molecular weight excluding hydrogens is 422 g/mol. The van der Waals surface area contributed by atoms with Crippen molar-refractivity contribution in [3.8, 4) is 0 Å². The van der Waals surface area contributed by atoms with E-state index in [4.69, 9.17) is 11.6 Å². The summed E-state index contributed by atoms with van der Waals surface area (Å²) in [7, 11) is -3.57. The van der Waals surface area contributed by atoms with Crippen LogP contribution in [0.2, 0.25) is 5.02 Å². The van der Waals surface area contributed by atoms with Gasteiger partial charge in [-0.15, -0.1) is 0 Å². The summed E-state index contributed by atoms with van der Waals surface area (Å²) in [5.74, 6) is -0.0316. The highest BCUT2D eigenvalue weighted by atomic mass is 35.5. The Labute approximate surface area is 183 Å². The van der Waals surface area contributed by atoms with Crippen molar-refractivity contribution < 1.29 is 13.2 Å². The highest BCUT2D eigenvalue weighted by Crippen LogP contribution is 2.13.